The van der Waals surface area contributed by atoms with E-state index in [9.17, 15) is 0 Å². The number of benzene rings is 2. The van der Waals surface area contributed by atoms with E-state index in [1.807, 2.05) is 42.6 Å². The second-order valence-electron chi connectivity index (χ2n) is 8.17. The summed E-state index contributed by atoms with van der Waals surface area (Å²) < 4.78 is 13.4. The maximum absolute atomic E-state index is 5.89. The van der Waals surface area contributed by atoms with Gasteiger partial charge in [0.2, 0.25) is 0 Å². The van der Waals surface area contributed by atoms with E-state index in [-0.39, 0.29) is 12.1 Å². The van der Waals surface area contributed by atoms with Gasteiger partial charge in [0.25, 0.3) is 0 Å². The van der Waals surface area contributed by atoms with E-state index >= 15 is 0 Å². The van der Waals surface area contributed by atoms with Crippen molar-refractivity contribution in [3.63, 3.8) is 0 Å². The molecular formula is C27H26N4O2S. The van der Waals surface area contributed by atoms with Crippen LogP contribution in [0.2, 0.25) is 0 Å². The highest BCUT2D eigenvalue weighted by molar-refractivity contribution is 7.80. The molecule has 1 saturated heterocycles. The summed E-state index contributed by atoms with van der Waals surface area (Å²) in [6, 6.07) is 24.1. The van der Waals surface area contributed by atoms with Gasteiger partial charge in [-0.25, -0.2) is 0 Å². The van der Waals surface area contributed by atoms with Crippen LogP contribution in [0.15, 0.2) is 85.2 Å². The van der Waals surface area contributed by atoms with Crippen LogP contribution in [0.4, 0.5) is 5.69 Å². The first-order valence-electron chi connectivity index (χ1n) is 11.1. The summed E-state index contributed by atoms with van der Waals surface area (Å²) >= 11 is 5.89. The SMILES string of the molecule is COc1ccc(N2C(=S)N[C@H](c3ccccn3)[C@@H]2c2cccn2-c2ccc(C)cc2)c(OC)c1. The molecule has 2 aromatic carbocycles. The summed E-state index contributed by atoms with van der Waals surface area (Å²) in [6.07, 6.45) is 3.90. The van der Waals surface area contributed by atoms with Gasteiger partial charge in [-0.2, -0.15) is 0 Å². The molecule has 0 spiro atoms. The molecule has 1 aliphatic rings. The minimum atomic E-state index is -0.166. The van der Waals surface area contributed by atoms with E-state index in [0.29, 0.717) is 10.9 Å². The number of ether oxygens (including phenoxy) is 2. The van der Waals surface area contributed by atoms with Crippen LogP contribution >= 0.6 is 12.2 Å². The van der Waals surface area contributed by atoms with E-state index in [1.54, 1.807) is 14.2 Å². The Balaban J connectivity index is 1.68. The quantitative estimate of drug-likeness (QED) is 0.382. The highest BCUT2D eigenvalue weighted by Gasteiger charge is 2.43. The third-order valence-corrected chi connectivity index (χ3v) is 6.45. The van der Waals surface area contributed by atoms with Crippen LogP contribution in [0.25, 0.3) is 5.69 Å². The first-order valence-corrected chi connectivity index (χ1v) is 11.5. The lowest BCUT2D eigenvalue weighted by molar-refractivity contribution is 0.394. The number of nitrogens with zero attached hydrogens (tertiary/aromatic N) is 3. The summed E-state index contributed by atoms with van der Waals surface area (Å²) in [7, 11) is 3.30. The zero-order valence-electron chi connectivity index (χ0n) is 19.3. The van der Waals surface area contributed by atoms with Crippen molar-refractivity contribution >= 4 is 23.0 Å². The number of anilines is 1. The van der Waals surface area contributed by atoms with Crippen LogP contribution in [-0.2, 0) is 0 Å². The van der Waals surface area contributed by atoms with Crippen molar-refractivity contribution in [3.05, 3.63) is 102 Å². The molecule has 0 bridgehead atoms. The predicted octanol–water partition coefficient (Wildman–Crippen LogP) is 5.38. The standard InChI is InChI=1S/C27H26N4O2S/c1-18-9-11-19(12-10-18)30-16-6-8-23(30)26-25(21-7-4-5-15-28-21)29-27(34)31(26)22-14-13-20(32-2)17-24(22)33-3/h4-17,25-26H,1-3H3,(H,29,34)/t25-,26+/m1/s1. The number of aryl methyl sites for hydroxylation is 1. The molecule has 1 fully saturated rings. The second-order valence-corrected chi connectivity index (χ2v) is 8.56. The molecule has 3 heterocycles. The molecule has 0 amide bonds. The topological polar surface area (TPSA) is 51.5 Å². The Bertz CT molecular complexity index is 1300. The van der Waals surface area contributed by atoms with Crippen LogP contribution in [-0.4, -0.2) is 28.9 Å². The Hall–Kier alpha value is -3.84. The molecule has 2 aromatic heterocycles. The van der Waals surface area contributed by atoms with Crippen molar-refractivity contribution in [1.29, 1.82) is 0 Å². The fourth-order valence-electron chi connectivity index (χ4n) is 4.47. The Kier molecular flexibility index (Phi) is 5.94. The first-order chi connectivity index (χ1) is 16.6. The smallest absolute Gasteiger partial charge is 0.174 e. The molecular weight excluding hydrogens is 444 g/mol. The average molecular weight is 471 g/mol. The van der Waals surface area contributed by atoms with Crippen molar-refractivity contribution in [1.82, 2.24) is 14.9 Å². The predicted molar refractivity (Wildman–Crippen MR) is 138 cm³/mol. The Labute approximate surface area is 204 Å². The lowest BCUT2D eigenvalue weighted by Crippen LogP contribution is -2.30. The zero-order valence-corrected chi connectivity index (χ0v) is 20.1. The summed E-state index contributed by atoms with van der Waals surface area (Å²) in [5, 5.41) is 4.13. The van der Waals surface area contributed by atoms with Crippen LogP contribution in [0.1, 0.15) is 29.0 Å². The number of pyridine rings is 1. The van der Waals surface area contributed by atoms with Gasteiger partial charge in [-0.15, -0.1) is 0 Å². The van der Waals surface area contributed by atoms with E-state index in [1.165, 1.54) is 5.56 Å². The fourth-order valence-corrected chi connectivity index (χ4v) is 4.81. The number of methoxy groups -OCH3 is 2. The van der Waals surface area contributed by atoms with Crippen LogP contribution in [0.3, 0.4) is 0 Å². The van der Waals surface area contributed by atoms with Gasteiger partial charge in [-0.3, -0.25) is 4.98 Å². The van der Waals surface area contributed by atoms with Gasteiger partial charge in [0.1, 0.15) is 17.5 Å². The molecule has 0 aliphatic carbocycles. The second kappa shape index (κ2) is 9.19. The molecule has 4 aromatic rings. The summed E-state index contributed by atoms with van der Waals surface area (Å²) in [6.45, 7) is 2.09. The van der Waals surface area contributed by atoms with E-state index in [4.69, 9.17) is 21.7 Å². The number of thiocarbonyl (C=S) groups is 1. The zero-order chi connectivity index (χ0) is 23.7. The van der Waals surface area contributed by atoms with Gasteiger partial charge in [0.15, 0.2) is 5.11 Å². The number of hydrogen-bond acceptors (Lipinski definition) is 4. The summed E-state index contributed by atoms with van der Waals surface area (Å²) in [5.74, 6) is 1.41. The normalized spacial score (nSPS) is 17.5. The molecule has 6 nitrogen and oxygen atoms in total. The first kappa shape index (κ1) is 22.0. The Morgan fingerprint density at radius 1 is 0.941 bits per heavy atom. The minimum absolute atomic E-state index is 0.153. The van der Waals surface area contributed by atoms with Crippen molar-refractivity contribution in [2.75, 3.05) is 19.1 Å². The molecule has 34 heavy (non-hydrogen) atoms. The van der Waals surface area contributed by atoms with Gasteiger partial charge in [-0.1, -0.05) is 23.8 Å². The van der Waals surface area contributed by atoms with E-state index in [0.717, 1.165) is 28.5 Å². The molecule has 7 heteroatoms. The summed E-state index contributed by atoms with van der Waals surface area (Å²) in [4.78, 5) is 6.78. The molecule has 0 unspecified atom stereocenters. The monoisotopic (exact) mass is 470 g/mol. The van der Waals surface area contributed by atoms with Gasteiger partial charge in [0.05, 0.1) is 31.6 Å². The van der Waals surface area contributed by atoms with Crippen molar-refractivity contribution in [2.24, 2.45) is 0 Å². The highest BCUT2D eigenvalue weighted by atomic mass is 32.1. The van der Waals surface area contributed by atoms with E-state index in [2.05, 4.69) is 69.3 Å². The lowest BCUT2D eigenvalue weighted by atomic mass is 10.0. The van der Waals surface area contributed by atoms with Crippen molar-refractivity contribution in [3.8, 4) is 17.2 Å². The maximum atomic E-state index is 5.89. The molecule has 0 saturated carbocycles. The number of rotatable bonds is 6. The minimum Gasteiger partial charge on any atom is -0.497 e. The van der Waals surface area contributed by atoms with Crippen molar-refractivity contribution < 1.29 is 9.47 Å². The van der Waals surface area contributed by atoms with Crippen molar-refractivity contribution in [2.45, 2.75) is 19.0 Å². The molecule has 0 radical (unpaired) electrons. The van der Waals surface area contributed by atoms with Gasteiger partial charge in [-0.05, 0) is 67.7 Å². The molecule has 1 aliphatic heterocycles. The average Bonchev–Trinajstić information content (AvgIpc) is 3.49. The molecule has 1 N–H and O–H groups in total. The lowest BCUT2D eigenvalue weighted by Gasteiger charge is -2.30. The van der Waals surface area contributed by atoms with Gasteiger partial charge in [0, 0.05) is 29.8 Å². The number of nitrogens with one attached hydrogen (secondary N) is 1. The molecule has 2 atom stereocenters. The molecule has 172 valence electrons. The maximum Gasteiger partial charge on any atom is 0.174 e. The third-order valence-electron chi connectivity index (χ3n) is 6.14. The van der Waals surface area contributed by atoms with E-state index < -0.39 is 0 Å². The van der Waals surface area contributed by atoms with Crippen LogP contribution in [0.5, 0.6) is 11.5 Å². The van der Waals surface area contributed by atoms with Gasteiger partial charge < -0.3 is 24.3 Å². The fraction of sp³-hybridized carbons (Fsp3) is 0.185. The van der Waals surface area contributed by atoms with Crippen LogP contribution < -0.4 is 19.7 Å². The largest absolute Gasteiger partial charge is 0.497 e. The Morgan fingerprint density at radius 3 is 2.47 bits per heavy atom. The van der Waals surface area contributed by atoms with Gasteiger partial charge >= 0.3 is 0 Å². The number of hydrogen-bond donors (Lipinski definition) is 1. The number of aromatic nitrogens is 2. The van der Waals surface area contributed by atoms with Crippen LogP contribution in [0, 0.1) is 6.92 Å². The third kappa shape index (κ3) is 3.88. The molecule has 5 rings (SSSR count). The Morgan fingerprint density at radius 2 is 1.76 bits per heavy atom. The highest BCUT2D eigenvalue weighted by Crippen LogP contribution is 2.45. The summed E-state index contributed by atoms with van der Waals surface area (Å²) in [5.41, 5.74) is 5.18.